The molecule has 0 radical (unpaired) electrons. The van der Waals surface area contributed by atoms with E-state index in [1.165, 1.54) is 16.8 Å². The second-order valence-corrected chi connectivity index (χ2v) is 3.41. The predicted octanol–water partition coefficient (Wildman–Crippen LogP) is -0.199. The number of hydrogen-bond acceptors (Lipinski definition) is 3. The van der Waals surface area contributed by atoms with Gasteiger partial charge in [0.15, 0.2) is 0 Å². The van der Waals surface area contributed by atoms with Crippen molar-refractivity contribution in [2.45, 2.75) is 20.0 Å². The van der Waals surface area contributed by atoms with Gasteiger partial charge in [-0.3, -0.25) is 14.3 Å². The molecule has 0 atom stereocenters. The number of nitrogens with one attached hydrogen (secondary N) is 1. The van der Waals surface area contributed by atoms with Crippen molar-refractivity contribution in [3.05, 3.63) is 51.3 Å². The number of hydrogen-bond donors (Lipinski definition) is 1. The number of rotatable bonds is 3. The minimum Gasteiger partial charge on any atom is -0.333 e. The summed E-state index contributed by atoms with van der Waals surface area (Å²) in [6, 6.07) is 1.33. The second kappa shape index (κ2) is 4.18. The first-order valence-electron chi connectivity index (χ1n) is 4.99. The van der Waals surface area contributed by atoms with E-state index in [1.54, 1.807) is 12.5 Å². The largest absolute Gasteiger partial charge is 0.333 e. The summed E-state index contributed by atoms with van der Waals surface area (Å²) in [4.78, 5) is 28.5. The van der Waals surface area contributed by atoms with Gasteiger partial charge in [0.05, 0.1) is 18.6 Å². The van der Waals surface area contributed by atoms with Crippen molar-refractivity contribution in [3.8, 4) is 0 Å². The molecule has 0 unspecified atom stereocenters. The highest BCUT2D eigenvalue weighted by molar-refractivity contribution is 5.00. The van der Waals surface area contributed by atoms with E-state index in [2.05, 4.69) is 9.97 Å². The number of imidazole rings is 1. The van der Waals surface area contributed by atoms with Crippen molar-refractivity contribution in [3.63, 3.8) is 0 Å². The molecule has 84 valence electrons. The summed E-state index contributed by atoms with van der Waals surface area (Å²) in [5.74, 6) is 0. The Morgan fingerprint density at radius 2 is 2.19 bits per heavy atom. The Balaban J connectivity index is 2.34. The highest BCUT2D eigenvalue weighted by Gasteiger charge is 2.02. The summed E-state index contributed by atoms with van der Waals surface area (Å²) < 4.78 is 3.38. The third-order valence-electron chi connectivity index (χ3n) is 2.37. The molecule has 2 heterocycles. The molecule has 0 aliphatic rings. The molecule has 2 rings (SSSR count). The first-order valence-corrected chi connectivity index (χ1v) is 4.99. The first kappa shape index (κ1) is 10.4. The summed E-state index contributed by atoms with van der Waals surface area (Å²) in [5.41, 5.74) is 0.137. The number of aromatic amines is 1. The van der Waals surface area contributed by atoms with Gasteiger partial charge in [-0.25, -0.2) is 9.78 Å². The van der Waals surface area contributed by atoms with E-state index in [9.17, 15) is 9.59 Å². The van der Waals surface area contributed by atoms with Gasteiger partial charge >= 0.3 is 5.69 Å². The van der Waals surface area contributed by atoms with Gasteiger partial charge in [-0.15, -0.1) is 0 Å². The molecule has 6 nitrogen and oxygen atoms in total. The zero-order valence-electron chi connectivity index (χ0n) is 8.88. The maximum atomic E-state index is 11.4. The Bertz CT molecular complexity index is 593. The van der Waals surface area contributed by atoms with Gasteiger partial charge in [0, 0.05) is 25.0 Å². The normalized spacial score (nSPS) is 10.6. The predicted molar refractivity (Wildman–Crippen MR) is 58.3 cm³/mol. The van der Waals surface area contributed by atoms with Crippen molar-refractivity contribution in [1.29, 1.82) is 0 Å². The Labute approximate surface area is 91.2 Å². The Morgan fingerprint density at radius 1 is 1.38 bits per heavy atom. The number of aromatic nitrogens is 4. The van der Waals surface area contributed by atoms with Crippen LogP contribution in [0.2, 0.25) is 0 Å². The van der Waals surface area contributed by atoms with Gasteiger partial charge < -0.3 is 4.57 Å². The van der Waals surface area contributed by atoms with Gasteiger partial charge in [-0.1, -0.05) is 0 Å². The number of aryl methyl sites for hydroxylation is 1. The van der Waals surface area contributed by atoms with E-state index < -0.39 is 5.69 Å². The quantitative estimate of drug-likeness (QED) is 0.778. The zero-order valence-corrected chi connectivity index (χ0v) is 8.88. The average Bonchev–Trinajstić information content (AvgIpc) is 2.69. The third-order valence-corrected chi connectivity index (χ3v) is 2.37. The lowest BCUT2D eigenvalue weighted by atomic mass is 10.4. The van der Waals surface area contributed by atoms with Crippen LogP contribution >= 0.6 is 0 Å². The van der Waals surface area contributed by atoms with Crippen LogP contribution in [0, 0.1) is 0 Å². The summed E-state index contributed by atoms with van der Waals surface area (Å²) >= 11 is 0. The molecule has 0 fully saturated rings. The number of H-pyrrole nitrogens is 1. The second-order valence-electron chi connectivity index (χ2n) is 3.41. The molecular weight excluding hydrogens is 208 g/mol. The van der Waals surface area contributed by atoms with E-state index >= 15 is 0 Å². The Morgan fingerprint density at radius 3 is 2.88 bits per heavy atom. The molecule has 0 amide bonds. The van der Waals surface area contributed by atoms with Gasteiger partial charge in [0.25, 0.3) is 5.56 Å². The lowest BCUT2D eigenvalue weighted by Gasteiger charge is -2.06. The fourth-order valence-corrected chi connectivity index (χ4v) is 1.51. The molecule has 1 N–H and O–H groups in total. The topological polar surface area (TPSA) is 72.7 Å². The summed E-state index contributed by atoms with van der Waals surface area (Å²) in [6.45, 7) is 3.21. The van der Waals surface area contributed by atoms with Crippen LogP contribution < -0.4 is 11.2 Å². The van der Waals surface area contributed by atoms with Crippen molar-refractivity contribution >= 4 is 0 Å². The SMILES string of the molecule is CCn1cncc1Cn1ccc(=O)[nH]c1=O. The molecule has 0 bridgehead atoms. The molecule has 0 aliphatic carbocycles. The maximum absolute atomic E-state index is 11.4. The minimum absolute atomic E-state index is 0.384. The van der Waals surface area contributed by atoms with Crippen LogP contribution in [0.3, 0.4) is 0 Å². The highest BCUT2D eigenvalue weighted by Crippen LogP contribution is 2.00. The van der Waals surface area contributed by atoms with Gasteiger partial charge in [-0.2, -0.15) is 0 Å². The molecule has 0 aliphatic heterocycles. The highest BCUT2D eigenvalue weighted by atomic mass is 16.2. The molecule has 6 heteroatoms. The van der Waals surface area contributed by atoms with Crippen LogP contribution in [0.25, 0.3) is 0 Å². The third kappa shape index (κ3) is 1.95. The van der Waals surface area contributed by atoms with Crippen LogP contribution in [0.1, 0.15) is 12.6 Å². The molecule has 0 aromatic carbocycles. The molecule has 16 heavy (non-hydrogen) atoms. The average molecular weight is 220 g/mol. The minimum atomic E-state index is -0.406. The molecule has 2 aromatic heterocycles. The first-order chi connectivity index (χ1) is 7.70. The van der Waals surface area contributed by atoms with Crippen LogP contribution in [-0.2, 0) is 13.1 Å². The molecule has 0 saturated carbocycles. The Kier molecular flexibility index (Phi) is 2.72. The van der Waals surface area contributed by atoms with Gasteiger partial charge in [0.1, 0.15) is 0 Å². The Hall–Kier alpha value is -2.11. The zero-order chi connectivity index (χ0) is 11.5. The summed E-state index contributed by atoms with van der Waals surface area (Å²) in [5, 5.41) is 0. The van der Waals surface area contributed by atoms with Crippen LogP contribution in [0.15, 0.2) is 34.4 Å². The standard InChI is InChI=1S/C10H12N4O2/c1-2-13-7-11-5-8(13)6-14-4-3-9(15)12-10(14)16/h3-5,7H,2,6H2,1H3,(H,12,15,16). The fraction of sp³-hybridized carbons (Fsp3) is 0.300. The maximum Gasteiger partial charge on any atom is 0.328 e. The van der Waals surface area contributed by atoms with Crippen molar-refractivity contribution < 1.29 is 0 Å². The lowest BCUT2D eigenvalue weighted by Crippen LogP contribution is -2.29. The van der Waals surface area contributed by atoms with E-state index in [0.29, 0.717) is 6.54 Å². The number of nitrogens with zero attached hydrogens (tertiary/aromatic N) is 3. The van der Waals surface area contributed by atoms with Crippen LogP contribution in [-0.4, -0.2) is 19.1 Å². The molecular formula is C10H12N4O2. The smallest absolute Gasteiger partial charge is 0.328 e. The van der Waals surface area contributed by atoms with Crippen molar-refractivity contribution in [2.24, 2.45) is 0 Å². The van der Waals surface area contributed by atoms with Crippen LogP contribution in [0.4, 0.5) is 0 Å². The molecule has 2 aromatic rings. The van der Waals surface area contributed by atoms with Crippen molar-refractivity contribution in [2.75, 3.05) is 0 Å². The lowest BCUT2D eigenvalue weighted by molar-refractivity contribution is 0.642. The van der Waals surface area contributed by atoms with Gasteiger partial charge in [-0.05, 0) is 6.92 Å². The van der Waals surface area contributed by atoms with E-state index in [0.717, 1.165) is 12.2 Å². The molecule has 0 spiro atoms. The fourth-order valence-electron chi connectivity index (χ4n) is 1.51. The summed E-state index contributed by atoms with van der Waals surface area (Å²) in [6.07, 6.45) is 4.90. The van der Waals surface area contributed by atoms with Crippen molar-refractivity contribution in [1.82, 2.24) is 19.1 Å². The van der Waals surface area contributed by atoms with Gasteiger partial charge in [0.2, 0.25) is 0 Å². The van der Waals surface area contributed by atoms with E-state index in [1.807, 2.05) is 11.5 Å². The monoisotopic (exact) mass is 220 g/mol. The van der Waals surface area contributed by atoms with Crippen LogP contribution in [0.5, 0.6) is 0 Å². The molecule has 0 saturated heterocycles. The van der Waals surface area contributed by atoms with E-state index in [-0.39, 0.29) is 5.56 Å². The summed E-state index contributed by atoms with van der Waals surface area (Å²) in [7, 11) is 0. The van der Waals surface area contributed by atoms with E-state index in [4.69, 9.17) is 0 Å².